The fraction of sp³-hybridized carbons (Fsp3) is 0.966. The second-order valence-electron chi connectivity index (χ2n) is 10.4. The predicted molar refractivity (Wildman–Crippen MR) is 144 cm³/mol. The molecule has 0 bridgehead atoms. The summed E-state index contributed by atoms with van der Waals surface area (Å²) in [5.74, 6) is -0.288. The van der Waals surface area contributed by atoms with Gasteiger partial charge in [-0.3, -0.25) is 4.79 Å². The van der Waals surface area contributed by atoms with Gasteiger partial charge in [0.15, 0.2) is 0 Å². The van der Waals surface area contributed by atoms with Crippen molar-refractivity contribution >= 4 is 5.91 Å². The number of aliphatic hydroxyl groups excluding tert-OH is 3. The minimum Gasteiger partial charge on any atom is -0.394 e. The van der Waals surface area contributed by atoms with Crippen LogP contribution < -0.4 is 5.32 Å². The van der Waals surface area contributed by atoms with Gasteiger partial charge in [-0.05, 0) is 12.8 Å². The van der Waals surface area contributed by atoms with Gasteiger partial charge in [-0.25, -0.2) is 0 Å². The summed E-state index contributed by atoms with van der Waals surface area (Å²) in [5.41, 5.74) is 0. The summed E-state index contributed by atoms with van der Waals surface area (Å²) in [4.78, 5) is 12.2. The van der Waals surface area contributed by atoms with E-state index >= 15 is 0 Å². The number of carbonyl (C=O) groups excluding carboxylic acids is 1. The first-order valence-corrected chi connectivity index (χ1v) is 14.8. The number of carbonyl (C=O) groups is 1. The summed E-state index contributed by atoms with van der Waals surface area (Å²) in [6.07, 6.45) is 23.3. The maximum absolute atomic E-state index is 12.2. The van der Waals surface area contributed by atoms with Crippen molar-refractivity contribution in [2.24, 2.45) is 0 Å². The molecule has 0 radical (unpaired) electrons. The highest BCUT2D eigenvalue weighted by atomic mass is 16.3. The van der Waals surface area contributed by atoms with Gasteiger partial charge in [0.1, 0.15) is 0 Å². The Labute approximate surface area is 211 Å². The summed E-state index contributed by atoms with van der Waals surface area (Å²) in [6, 6.07) is -0.647. The smallest absolute Gasteiger partial charge is 0.222 e. The molecule has 0 aliphatic heterocycles. The van der Waals surface area contributed by atoms with Crippen LogP contribution in [0, 0.1) is 0 Å². The lowest BCUT2D eigenvalue weighted by Gasteiger charge is -2.23. The van der Waals surface area contributed by atoms with Crippen molar-refractivity contribution in [1.82, 2.24) is 5.32 Å². The molecule has 0 aromatic heterocycles. The van der Waals surface area contributed by atoms with E-state index in [0.717, 1.165) is 25.7 Å². The third-order valence-electron chi connectivity index (χ3n) is 6.92. The summed E-state index contributed by atoms with van der Waals surface area (Å²) < 4.78 is 0. The standard InChI is InChI=1S/C29H59NO4/c1-3-5-7-9-11-13-14-15-17-19-21-23-28(33)27(25-31)30-29(34)24-26(32)22-20-18-16-12-10-8-6-4-2/h26-28,31-33H,3-25H2,1-2H3,(H,30,34). The van der Waals surface area contributed by atoms with E-state index in [4.69, 9.17) is 0 Å². The molecule has 0 aromatic rings. The van der Waals surface area contributed by atoms with E-state index in [2.05, 4.69) is 19.2 Å². The third-order valence-corrected chi connectivity index (χ3v) is 6.92. The molecule has 0 aliphatic rings. The zero-order valence-corrected chi connectivity index (χ0v) is 22.7. The maximum atomic E-state index is 12.2. The fourth-order valence-electron chi connectivity index (χ4n) is 4.58. The van der Waals surface area contributed by atoms with E-state index in [0.29, 0.717) is 12.8 Å². The van der Waals surface area contributed by atoms with Crippen LogP contribution >= 0.6 is 0 Å². The molecule has 5 heteroatoms. The molecule has 0 rings (SSSR count). The zero-order chi connectivity index (χ0) is 25.3. The number of nitrogens with one attached hydrogen (secondary N) is 1. The van der Waals surface area contributed by atoms with Crippen molar-refractivity contribution in [2.45, 2.75) is 173 Å². The molecule has 0 fully saturated rings. The van der Waals surface area contributed by atoms with Crippen LogP contribution in [0.5, 0.6) is 0 Å². The number of amides is 1. The lowest BCUT2D eigenvalue weighted by Crippen LogP contribution is -2.46. The van der Waals surface area contributed by atoms with E-state index in [9.17, 15) is 20.1 Å². The Morgan fingerprint density at radius 2 is 1.00 bits per heavy atom. The SMILES string of the molecule is CCCCCCCCCCCCCC(O)C(CO)NC(=O)CC(O)CCCCCCCCCC. The highest BCUT2D eigenvalue weighted by Gasteiger charge is 2.21. The van der Waals surface area contributed by atoms with Crippen LogP contribution in [-0.4, -0.2) is 46.1 Å². The molecule has 0 aliphatic carbocycles. The van der Waals surface area contributed by atoms with Crippen LogP contribution in [-0.2, 0) is 4.79 Å². The Hall–Kier alpha value is -0.650. The Balaban J connectivity index is 3.75. The van der Waals surface area contributed by atoms with Crippen LogP contribution in [0.1, 0.15) is 155 Å². The molecule has 0 aromatic carbocycles. The average molecular weight is 486 g/mol. The van der Waals surface area contributed by atoms with Crippen LogP contribution in [0.15, 0.2) is 0 Å². The molecular formula is C29H59NO4. The minimum absolute atomic E-state index is 0.0398. The van der Waals surface area contributed by atoms with Gasteiger partial charge < -0.3 is 20.6 Å². The third kappa shape index (κ3) is 21.9. The number of hydrogen-bond donors (Lipinski definition) is 4. The molecule has 34 heavy (non-hydrogen) atoms. The summed E-state index contributed by atoms with van der Waals surface area (Å²) in [6.45, 7) is 4.19. The van der Waals surface area contributed by atoms with Crippen LogP contribution in [0.4, 0.5) is 0 Å². The lowest BCUT2D eigenvalue weighted by molar-refractivity contribution is -0.125. The number of rotatable bonds is 26. The van der Waals surface area contributed by atoms with Gasteiger partial charge in [0, 0.05) is 0 Å². The highest BCUT2D eigenvalue weighted by Crippen LogP contribution is 2.14. The van der Waals surface area contributed by atoms with Gasteiger partial charge in [-0.2, -0.15) is 0 Å². The largest absolute Gasteiger partial charge is 0.394 e. The zero-order valence-electron chi connectivity index (χ0n) is 22.7. The summed E-state index contributed by atoms with van der Waals surface area (Å²) >= 11 is 0. The molecule has 204 valence electrons. The second-order valence-corrected chi connectivity index (χ2v) is 10.4. The second kappa shape index (κ2) is 25.4. The first kappa shape index (κ1) is 33.4. The highest BCUT2D eigenvalue weighted by molar-refractivity contribution is 5.76. The van der Waals surface area contributed by atoms with Crippen molar-refractivity contribution in [3.8, 4) is 0 Å². The average Bonchev–Trinajstić information content (AvgIpc) is 2.82. The Morgan fingerprint density at radius 1 is 0.618 bits per heavy atom. The van der Waals surface area contributed by atoms with E-state index in [1.54, 1.807) is 0 Å². The summed E-state index contributed by atoms with van der Waals surface area (Å²) in [7, 11) is 0. The molecular weight excluding hydrogens is 426 g/mol. The number of unbranched alkanes of at least 4 members (excludes halogenated alkanes) is 17. The van der Waals surface area contributed by atoms with E-state index < -0.39 is 18.2 Å². The van der Waals surface area contributed by atoms with Gasteiger partial charge >= 0.3 is 0 Å². The van der Waals surface area contributed by atoms with Gasteiger partial charge in [0.25, 0.3) is 0 Å². The molecule has 3 atom stereocenters. The molecule has 4 N–H and O–H groups in total. The number of hydrogen-bond acceptors (Lipinski definition) is 4. The van der Waals surface area contributed by atoms with Gasteiger partial charge in [-0.1, -0.05) is 136 Å². The van der Waals surface area contributed by atoms with Crippen LogP contribution in [0.2, 0.25) is 0 Å². The molecule has 0 saturated heterocycles. The van der Waals surface area contributed by atoms with Crippen molar-refractivity contribution < 1.29 is 20.1 Å². The molecule has 3 unspecified atom stereocenters. The molecule has 0 heterocycles. The molecule has 1 amide bonds. The van der Waals surface area contributed by atoms with Crippen LogP contribution in [0.3, 0.4) is 0 Å². The minimum atomic E-state index is -0.739. The van der Waals surface area contributed by atoms with E-state index in [1.165, 1.54) is 96.3 Å². The van der Waals surface area contributed by atoms with Crippen LogP contribution in [0.25, 0.3) is 0 Å². The topological polar surface area (TPSA) is 89.8 Å². The van der Waals surface area contributed by atoms with Crippen molar-refractivity contribution in [2.75, 3.05) is 6.61 Å². The van der Waals surface area contributed by atoms with E-state index in [1.807, 2.05) is 0 Å². The van der Waals surface area contributed by atoms with Crippen molar-refractivity contribution in [1.29, 1.82) is 0 Å². The van der Waals surface area contributed by atoms with Gasteiger partial charge in [0.2, 0.25) is 5.91 Å². The monoisotopic (exact) mass is 485 g/mol. The van der Waals surface area contributed by atoms with Gasteiger partial charge in [0.05, 0.1) is 31.3 Å². The van der Waals surface area contributed by atoms with E-state index in [-0.39, 0.29) is 18.9 Å². The first-order valence-electron chi connectivity index (χ1n) is 14.8. The quantitative estimate of drug-likeness (QED) is 0.101. The predicted octanol–water partition coefficient (Wildman–Crippen LogP) is 6.81. The molecule has 0 saturated carbocycles. The van der Waals surface area contributed by atoms with Crippen molar-refractivity contribution in [3.63, 3.8) is 0 Å². The first-order chi connectivity index (χ1) is 16.5. The van der Waals surface area contributed by atoms with Crippen molar-refractivity contribution in [3.05, 3.63) is 0 Å². The summed E-state index contributed by atoms with van der Waals surface area (Å²) in [5, 5.41) is 32.8. The van der Waals surface area contributed by atoms with Gasteiger partial charge in [-0.15, -0.1) is 0 Å². The Kier molecular flexibility index (Phi) is 25.0. The molecule has 5 nitrogen and oxygen atoms in total. The number of aliphatic hydroxyl groups is 3. The normalized spacial score (nSPS) is 14.1. The Morgan fingerprint density at radius 3 is 1.41 bits per heavy atom. The fourth-order valence-corrected chi connectivity index (χ4v) is 4.58. The maximum Gasteiger partial charge on any atom is 0.222 e. The lowest BCUT2D eigenvalue weighted by atomic mass is 10.0. The molecule has 0 spiro atoms. The Bertz CT molecular complexity index is 432.